The molecular formula is C62H43N. The minimum absolute atomic E-state index is 1.07. The SMILES string of the molecule is c1ccc(-c2ccc(-c3ccccc3N(c3ccc(-c4ccc5c(ccc6ccccc65)c4)cc3)c3cccc(-c4ccccc4)c3-c3ccccc3-c3ccccc3)cc2)cc1. The summed E-state index contributed by atoms with van der Waals surface area (Å²) in [4.78, 5) is 2.47. The van der Waals surface area contributed by atoms with Gasteiger partial charge in [0.2, 0.25) is 0 Å². The summed E-state index contributed by atoms with van der Waals surface area (Å²) in [6.45, 7) is 0. The van der Waals surface area contributed by atoms with Gasteiger partial charge >= 0.3 is 0 Å². The van der Waals surface area contributed by atoms with E-state index in [1.54, 1.807) is 0 Å². The molecule has 296 valence electrons. The lowest BCUT2D eigenvalue weighted by molar-refractivity contribution is 1.28. The van der Waals surface area contributed by atoms with Gasteiger partial charge in [0, 0.05) is 16.8 Å². The Morgan fingerprint density at radius 1 is 0.222 bits per heavy atom. The Balaban J connectivity index is 1.12. The molecule has 0 atom stereocenters. The van der Waals surface area contributed by atoms with Crippen molar-refractivity contribution in [1.82, 2.24) is 0 Å². The standard InChI is InChI=1S/C62H43N/c1-4-17-44(18-5-1)45-31-33-50(34-32-45)57-26-14-15-29-60(57)63(53-40-37-46(38-41-53)51-39-42-56-52(43-51)36-35-49-23-10-11-24-54(49)56)61-30-16-28-58(48-21-8-3-9-22-48)62(61)59-27-13-12-25-55(59)47-19-6-2-7-20-47/h1-43H. The predicted molar refractivity (Wildman–Crippen MR) is 269 cm³/mol. The first-order valence-corrected chi connectivity index (χ1v) is 21.7. The van der Waals surface area contributed by atoms with E-state index in [1.165, 1.54) is 77.2 Å². The number of anilines is 3. The van der Waals surface area contributed by atoms with Crippen LogP contribution < -0.4 is 4.90 Å². The van der Waals surface area contributed by atoms with Crippen molar-refractivity contribution < 1.29 is 0 Å². The molecule has 0 aliphatic carbocycles. The summed E-state index contributed by atoms with van der Waals surface area (Å²) in [5, 5.41) is 5.05. The zero-order valence-electron chi connectivity index (χ0n) is 34.8. The van der Waals surface area contributed by atoms with Crippen LogP contribution in [0.1, 0.15) is 0 Å². The van der Waals surface area contributed by atoms with E-state index in [9.17, 15) is 0 Å². The van der Waals surface area contributed by atoms with Crippen molar-refractivity contribution in [3.8, 4) is 66.8 Å². The van der Waals surface area contributed by atoms with Crippen molar-refractivity contribution in [3.05, 3.63) is 261 Å². The lowest BCUT2D eigenvalue weighted by atomic mass is 9.87. The molecule has 11 aromatic rings. The summed E-state index contributed by atoms with van der Waals surface area (Å²) >= 11 is 0. The maximum absolute atomic E-state index is 2.47. The summed E-state index contributed by atoms with van der Waals surface area (Å²) in [6, 6.07) is 94.8. The minimum Gasteiger partial charge on any atom is -0.309 e. The molecule has 0 aliphatic rings. The van der Waals surface area contributed by atoms with Crippen molar-refractivity contribution in [1.29, 1.82) is 0 Å². The lowest BCUT2D eigenvalue weighted by Gasteiger charge is -2.31. The van der Waals surface area contributed by atoms with Gasteiger partial charge in [-0.05, 0) is 108 Å². The minimum atomic E-state index is 1.07. The second-order valence-corrected chi connectivity index (χ2v) is 16.0. The molecule has 0 N–H and O–H groups in total. The molecule has 0 fully saturated rings. The molecule has 11 aromatic carbocycles. The van der Waals surface area contributed by atoms with E-state index >= 15 is 0 Å². The van der Waals surface area contributed by atoms with Crippen molar-refractivity contribution in [2.45, 2.75) is 0 Å². The topological polar surface area (TPSA) is 3.24 Å². The highest BCUT2D eigenvalue weighted by atomic mass is 15.1. The Kier molecular flexibility index (Phi) is 9.97. The van der Waals surface area contributed by atoms with E-state index in [0.717, 1.165) is 28.2 Å². The maximum atomic E-state index is 2.47. The summed E-state index contributed by atoms with van der Waals surface area (Å²) < 4.78 is 0. The van der Waals surface area contributed by atoms with Crippen molar-refractivity contribution in [2.24, 2.45) is 0 Å². The third-order valence-corrected chi connectivity index (χ3v) is 12.3. The zero-order chi connectivity index (χ0) is 42.0. The second kappa shape index (κ2) is 16.7. The van der Waals surface area contributed by atoms with Crippen LogP contribution in [0.15, 0.2) is 261 Å². The normalized spacial score (nSPS) is 11.2. The first kappa shape index (κ1) is 37.7. The van der Waals surface area contributed by atoms with Crippen molar-refractivity contribution in [3.63, 3.8) is 0 Å². The van der Waals surface area contributed by atoms with Gasteiger partial charge in [-0.25, -0.2) is 0 Å². The second-order valence-electron chi connectivity index (χ2n) is 16.0. The van der Waals surface area contributed by atoms with Crippen LogP contribution in [0.4, 0.5) is 17.1 Å². The van der Waals surface area contributed by atoms with Crippen LogP contribution >= 0.6 is 0 Å². The monoisotopic (exact) mass is 801 g/mol. The summed E-state index contributed by atoms with van der Waals surface area (Å²) in [6.07, 6.45) is 0. The Labute approximate surface area is 369 Å². The number of fused-ring (bicyclic) bond motifs is 3. The molecule has 0 unspecified atom stereocenters. The Morgan fingerprint density at radius 3 is 1.40 bits per heavy atom. The fraction of sp³-hybridized carbons (Fsp3) is 0. The van der Waals surface area contributed by atoms with Gasteiger partial charge in [-0.2, -0.15) is 0 Å². The maximum Gasteiger partial charge on any atom is 0.0546 e. The smallest absolute Gasteiger partial charge is 0.0546 e. The molecular weight excluding hydrogens is 759 g/mol. The van der Waals surface area contributed by atoms with Gasteiger partial charge in [0.25, 0.3) is 0 Å². The van der Waals surface area contributed by atoms with Gasteiger partial charge in [0.15, 0.2) is 0 Å². The van der Waals surface area contributed by atoms with E-state index in [0.29, 0.717) is 0 Å². The number of hydrogen-bond donors (Lipinski definition) is 0. The van der Waals surface area contributed by atoms with Gasteiger partial charge in [-0.3, -0.25) is 0 Å². The summed E-state index contributed by atoms with van der Waals surface area (Å²) in [7, 11) is 0. The molecule has 1 heteroatoms. The highest BCUT2D eigenvalue weighted by molar-refractivity contribution is 6.08. The van der Waals surface area contributed by atoms with E-state index in [-0.39, 0.29) is 0 Å². The Bertz CT molecular complexity index is 3350. The molecule has 11 rings (SSSR count). The number of rotatable bonds is 9. The third-order valence-electron chi connectivity index (χ3n) is 12.3. The number of para-hydroxylation sites is 1. The average molecular weight is 802 g/mol. The Hall–Kier alpha value is -8.26. The molecule has 0 amide bonds. The van der Waals surface area contributed by atoms with Crippen LogP contribution in [0.5, 0.6) is 0 Å². The quantitative estimate of drug-likeness (QED) is 0.131. The molecule has 0 aromatic heterocycles. The highest BCUT2D eigenvalue weighted by Gasteiger charge is 2.24. The summed E-state index contributed by atoms with van der Waals surface area (Å²) in [5.74, 6) is 0. The molecule has 0 bridgehead atoms. The van der Waals surface area contributed by atoms with Crippen LogP contribution in [-0.4, -0.2) is 0 Å². The van der Waals surface area contributed by atoms with Gasteiger partial charge in [0.1, 0.15) is 0 Å². The van der Waals surface area contributed by atoms with Crippen molar-refractivity contribution >= 4 is 38.6 Å². The van der Waals surface area contributed by atoms with Gasteiger partial charge in [0.05, 0.1) is 11.4 Å². The van der Waals surface area contributed by atoms with Gasteiger partial charge < -0.3 is 4.90 Å². The molecule has 0 spiro atoms. The van der Waals surface area contributed by atoms with Crippen LogP contribution in [0, 0.1) is 0 Å². The fourth-order valence-electron chi connectivity index (χ4n) is 9.23. The first-order valence-electron chi connectivity index (χ1n) is 21.7. The highest BCUT2D eigenvalue weighted by Crippen LogP contribution is 2.50. The number of nitrogens with zero attached hydrogens (tertiary/aromatic N) is 1. The van der Waals surface area contributed by atoms with Crippen LogP contribution in [-0.2, 0) is 0 Å². The predicted octanol–water partition coefficient (Wildman–Crippen LogP) is 17.5. The lowest BCUT2D eigenvalue weighted by Crippen LogP contribution is -2.13. The molecule has 0 aliphatic heterocycles. The average Bonchev–Trinajstić information content (AvgIpc) is 3.37. The van der Waals surface area contributed by atoms with E-state index in [4.69, 9.17) is 0 Å². The summed E-state index contributed by atoms with van der Waals surface area (Å²) in [5.41, 5.74) is 17.4. The fourth-order valence-corrected chi connectivity index (χ4v) is 9.23. The van der Waals surface area contributed by atoms with E-state index < -0.39 is 0 Å². The van der Waals surface area contributed by atoms with Crippen LogP contribution in [0.3, 0.4) is 0 Å². The van der Waals surface area contributed by atoms with E-state index in [1.807, 2.05) is 0 Å². The molecule has 1 nitrogen and oxygen atoms in total. The van der Waals surface area contributed by atoms with Crippen LogP contribution in [0.25, 0.3) is 88.3 Å². The third kappa shape index (κ3) is 7.26. The van der Waals surface area contributed by atoms with Gasteiger partial charge in [-0.15, -0.1) is 0 Å². The van der Waals surface area contributed by atoms with E-state index in [2.05, 4.69) is 266 Å². The van der Waals surface area contributed by atoms with Gasteiger partial charge in [-0.1, -0.05) is 231 Å². The first-order chi connectivity index (χ1) is 31.3. The Morgan fingerprint density at radius 2 is 0.667 bits per heavy atom. The number of hydrogen-bond acceptors (Lipinski definition) is 1. The molecule has 63 heavy (non-hydrogen) atoms. The van der Waals surface area contributed by atoms with Crippen molar-refractivity contribution in [2.75, 3.05) is 4.90 Å². The zero-order valence-corrected chi connectivity index (χ0v) is 34.8. The number of benzene rings is 11. The van der Waals surface area contributed by atoms with Crippen LogP contribution in [0.2, 0.25) is 0 Å². The molecule has 0 radical (unpaired) electrons. The largest absolute Gasteiger partial charge is 0.309 e. The molecule has 0 heterocycles. The molecule has 0 saturated heterocycles. The molecule has 0 saturated carbocycles.